The van der Waals surface area contributed by atoms with Gasteiger partial charge in [0.1, 0.15) is 0 Å². The maximum Gasteiger partial charge on any atom is 0.225 e. The van der Waals surface area contributed by atoms with Gasteiger partial charge in [-0.15, -0.1) is 0 Å². The molecule has 0 spiro atoms. The van der Waals surface area contributed by atoms with Gasteiger partial charge in [0.15, 0.2) is 0 Å². The average Bonchev–Trinajstić information content (AvgIpc) is 2.85. The van der Waals surface area contributed by atoms with E-state index in [9.17, 15) is 4.79 Å². The van der Waals surface area contributed by atoms with Gasteiger partial charge in [0, 0.05) is 6.54 Å². The fourth-order valence-corrected chi connectivity index (χ4v) is 2.73. The lowest BCUT2D eigenvalue weighted by Gasteiger charge is -2.20. The van der Waals surface area contributed by atoms with E-state index < -0.39 is 0 Å². The van der Waals surface area contributed by atoms with Gasteiger partial charge in [-0.3, -0.25) is 4.79 Å². The van der Waals surface area contributed by atoms with Crippen LogP contribution in [0.2, 0.25) is 0 Å². The molecule has 1 amide bonds. The van der Waals surface area contributed by atoms with Crippen molar-refractivity contribution in [3.8, 4) is 0 Å². The Kier molecular flexibility index (Phi) is 4.81. The molecular formula is C17H26N2O. The van der Waals surface area contributed by atoms with E-state index in [-0.39, 0.29) is 17.9 Å². The summed E-state index contributed by atoms with van der Waals surface area (Å²) in [6.45, 7) is 10.3. The standard InChI is InChI=1S/C17H26N2O/c1-11(2)14-5-7-15(8-6-14)13(4)19-17(20)16-10-18-9-12(16)3/h5-8,11-13,16,18H,9-10H2,1-4H3,(H,19,20). The molecule has 1 saturated heterocycles. The fraction of sp³-hybridized carbons (Fsp3) is 0.588. The third kappa shape index (κ3) is 3.40. The Bertz CT molecular complexity index is 453. The number of hydrogen-bond donors (Lipinski definition) is 2. The van der Waals surface area contributed by atoms with Crippen LogP contribution >= 0.6 is 0 Å². The molecule has 110 valence electrons. The van der Waals surface area contributed by atoms with Crippen molar-refractivity contribution >= 4 is 5.91 Å². The second kappa shape index (κ2) is 6.40. The Morgan fingerprint density at radius 3 is 2.25 bits per heavy atom. The number of benzene rings is 1. The SMILES string of the molecule is CC(C)c1ccc(C(C)NC(=O)C2CNCC2C)cc1. The smallest absolute Gasteiger partial charge is 0.225 e. The average molecular weight is 274 g/mol. The van der Waals surface area contributed by atoms with Gasteiger partial charge >= 0.3 is 0 Å². The first kappa shape index (κ1) is 15.0. The summed E-state index contributed by atoms with van der Waals surface area (Å²) >= 11 is 0. The van der Waals surface area contributed by atoms with Crippen molar-refractivity contribution in [1.29, 1.82) is 0 Å². The van der Waals surface area contributed by atoms with Crippen LogP contribution < -0.4 is 10.6 Å². The minimum absolute atomic E-state index is 0.0662. The van der Waals surface area contributed by atoms with E-state index in [2.05, 4.69) is 62.6 Å². The predicted molar refractivity (Wildman–Crippen MR) is 82.6 cm³/mol. The van der Waals surface area contributed by atoms with Crippen molar-refractivity contribution in [2.45, 2.75) is 39.7 Å². The van der Waals surface area contributed by atoms with Crippen LogP contribution in [-0.2, 0) is 4.79 Å². The summed E-state index contributed by atoms with van der Waals surface area (Å²) in [7, 11) is 0. The summed E-state index contributed by atoms with van der Waals surface area (Å²) in [5.74, 6) is 1.24. The summed E-state index contributed by atoms with van der Waals surface area (Å²) < 4.78 is 0. The molecule has 0 saturated carbocycles. The lowest BCUT2D eigenvalue weighted by molar-refractivity contribution is -0.126. The van der Waals surface area contributed by atoms with Gasteiger partial charge in [0.2, 0.25) is 5.91 Å². The summed E-state index contributed by atoms with van der Waals surface area (Å²) in [6.07, 6.45) is 0. The maximum absolute atomic E-state index is 12.3. The van der Waals surface area contributed by atoms with E-state index in [1.807, 2.05) is 0 Å². The first-order chi connectivity index (χ1) is 9.49. The molecule has 3 atom stereocenters. The van der Waals surface area contributed by atoms with E-state index in [1.54, 1.807) is 0 Å². The monoisotopic (exact) mass is 274 g/mol. The first-order valence-electron chi connectivity index (χ1n) is 7.60. The first-order valence-corrected chi connectivity index (χ1v) is 7.60. The molecule has 20 heavy (non-hydrogen) atoms. The fourth-order valence-electron chi connectivity index (χ4n) is 2.73. The van der Waals surface area contributed by atoms with E-state index in [0.717, 1.165) is 13.1 Å². The molecule has 1 heterocycles. The third-order valence-electron chi connectivity index (χ3n) is 4.32. The van der Waals surface area contributed by atoms with Gasteiger partial charge in [-0.2, -0.15) is 0 Å². The summed E-state index contributed by atoms with van der Waals surface area (Å²) in [6, 6.07) is 8.62. The zero-order chi connectivity index (χ0) is 14.7. The highest BCUT2D eigenvalue weighted by Crippen LogP contribution is 2.21. The molecule has 3 unspecified atom stereocenters. The molecule has 0 aliphatic carbocycles. The van der Waals surface area contributed by atoms with Gasteiger partial charge in [0.25, 0.3) is 0 Å². The van der Waals surface area contributed by atoms with Gasteiger partial charge in [0.05, 0.1) is 12.0 Å². The van der Waals surface area contributed by atoms with Crippen molar-refractivity contribution < 1.29 is 4.79 Å². The number of amides is 1. The highest BCUT2D eigenvalue weighted by Gasteiger charge is 2.30. The largest absolute Gasteiger partial charge is 0.349 e. The molecule has 0 aromatic heterocycles. The predicted octanol–water partition coefficient (Wildman–Crippen LogP) is 2.84. The minimum Gasteiger partial charge on any atom is -0.349 e. The minimum atomic E-state index is 0.0662. The molecule has 3 heteroatoms. The normalized spacial score (nSPS) is 23.9. The summed E-state index contributed by atoms with van der Waals surface area (Å²) in [5.41, 5.74) is 2.50. The van der Waals surface area contributed by atoms with E-state index in [1.165, 1.54) is 11.1 Å². The molecule has 2 N–H and O–H groups in total. The Morgan fingerprint density at radius 1 is 1.15 bits per heavy atom. The molecule has 1 fully saturated rings. The zero-order valence-electron chi connectivity index (χ0n) is 12.9. The van der Waals surface area contributed by atoms with Crippen LogP contribution in [-0.4, -0.2) is 19.0 Å². The Labute approximate surface area is 122 Å². The molecule has 0 radical (unpaired) electrons. The van der Waals surface area contributed by atoms with Crippen LogP contribution in [0.15, 0.2) is 24.3 Å². The van der Waals surface area contributed by atoms with Gasteiger partial charge in [-0.05, 0) is 36.4 Å². The molecule has 0 bridgehead atoms. The molecule has 1 aromatic carbocycles. The van der Waals surface area contributed by atoms with Crippen LogP contribution in [0.25, 0.3) is 0 Å². The number of hydrogen-bond acceptors (Lipinski definition) is 2. The highest BCUT2D eigenvalue weighted by atomic mass is 16.2. The molecule has 3 nitrogen and oxygen atoms in total. The third-order valence-corrected chi connectivity index (χ3v) is 4.32. The van der Waals surface area contributed by atoms with E-state index in [4.69, 9.17) is 0 Å². The van der Waals surface area contributed by atoms with Crippen molar-refractivity contribution in [2.24, 2.45) is 11.8 Å². The quantitative estimate of drug-likeness (QED) is 0.886. The molecular weight excluding hydrogens is 248 g/mol. The lowest BCUT2D eigenvalue weighted by atomic mass is 9.96. The number of rotatable bonds is 4. The Balaban J connectivity index is 1.97. The second-order valence-electron chi connectivity index (χ2n) is 6.29. The van der Waals surface area contributed by atoms with Crippen molar-refractivity contribution in [3.05, 3.63) is 35.4 Å². The highest BCUT2D eigenvalue weighted by molar-refractivity contribution is 5.80. The number of carbonyl (C=O) groups excluding carboxylic acids is 1. The zero-order valence-corrected chi connectivity index (χ0v) is 12.9. The van der Waals surface area contributed by atoms with Crippen molar-refractivity contribution in [1.82, 2.24) is 10.6 Å². The van der Waals surface area contributed by atoms with Crippen molar-refractivity contribution in [3.63, 3.8) is 0 Å². The Hall–Kier alpha value is -1.35. The van der Waals surface area contributed by atoms with E-state index in [0.29, 0.717) is 11.8 Å². The van der Waals surface area contributed by atoms with Gasteiger partial charge in [-0.25, -0.2) is 0 Å². The number of nitrogens with one attached hydrogen (secondary N) is 2. The topological polar surface area (TPSA) is 41.1 Å². The van der Waals surface area contributed by atoms with Crippen molar-refractivity contribution in [2.75, 3.05) is 13.1 Å². The lowest BCUT2D eigenvalue weighted by Crippen LogP contribution is -2.35. The Morgan fingerprint density at radius 2 is 1.75 bits per heavy atom. The van der Waals surface area contributed by atoms with Crippen LogP contribution in [0.5, 0.6) is 0 Å². The van der Waals surface area contributed by atoms with Crippen LogP contribution in [0.4, 0.5) is 0 Å². The molecule has 1 aromatic rings. The molecule has 1 aliphatic heterocycles. The molecule has 2 rings (SSSR count). The van der Waals surface area contributed by atoms with Gasteiger partial charge in [-0.1, -0.05) is 45.0 Å². The second-order valence-corrected chi connectivity index (χ2v) is 6.29. The summed E-state index contributed by atoms with van der Waals surface area (Å²) in [4.78, 5) is 12.3. The van der Waals surface area contributed by atoms with E-state index >= 15 is 0 Å². The summed E-state index contributed by atoms with van der Waals surface area (Å²) in [5, 5.41) is 6.41. The van der Waals surface area contributed by atoms with Crippen LogP contribution in [0, 0.1) is 11.8 Å². The molecule has 1 aliphatic rings. The number of carbonyl (C=O) groups is 1. The van der Waals surface area contributed by atoms with Crippen LogP contribution in [0.3, 0.4) is 0 Å². The maximum atomic E-state index is 12.3. The van der Waals surface area contributed by atoms with Crippen LogP contribution in [0.1, 0.15) is 50.8 Å². The van der Waals surface area contributed by atoms with Gasteiger partial charge < -0.3 is 10.6 Å².